The number of carbonyl (C=O) groups is 1. The van der Waals surface area contributed by atoms with Gasteiger partial charge in [-0.3, -0.25) is 9.69 Å². The SMILES string of the molecule is CCN(CC)CCCc1cccc(-c2cc(C(C)C)c(NC(=O)N(CCCO)c3cc4cccnc4[nH]c3=O)c(C(C)C)c2)c1. The molecule has 3 N–H and O–H groups in total. The molecule has 240 valence electrons. The monoisotopic (exact) mass is 611 g/mol. The lowest BCUT2D eigenvalue weighted by atomic mass is 9.88. The third kappa shape index (κ3) is 8.38. The molecule has 2 heterocycles. The van der Waals surface area contributed by atoms with E-state index in [-0.39, 0.29) is 30.7 Å². The lowest BCUT2D eigenvalue weighted by Crippen LogP contribution is -2.39. The fraction of sp³-hybridized carbons (Fsp3) is 0.432. The summed E-state index contributed by atoms with van der Waals surface area (Å²) >= 11 is 0. The second kappa shape index (κ2) is 15.8. The largest absolute Gasteiger partial charge is 0.396 e. The van der Waals surface area contributed by atoms with E-state index in [9.17, 15) is 14.7 Å². The van der Waals surface area contributed by atoms with E-state index >= 15 is 0 Å². The van der Waals surface area contributed by atoms with Gasteiger partial charge in [-0.1, -0.05) is 65.8 Å². The molecule has 0 unspecified atom stereocenters. The van der Waals surface area contributed by atoms with Crippen LogP contribution in [0, 0.1) is 0 Å². The summed E-state index contributed by atoms with van der Waals surface area (Å²) < 4.78 is 0. The summed E-state index contributed by atoms with van der Waals surface area (Å²) in [5, 5.41) is 13.5. The molecular formula is C37H49N5O3. The molecule has 4 rings (SSSR count). The van der Waals surface area contributed by atoms with Gasteiger partial charge in [0.25, 0.3) is 5.56 Å². The van der Waals surface area contributed by atoms with Crippen LogP contribution < -0.4 is 15.8 Å². The molecule has 0 saturated heterocycles. The van der Waals surface area contributed by atoms with Gasteiger partial charge in [-0.2, -0.15) is 0 Å². The topological polar surface area (TPSA) is 102 Å². The first-order chi connectivity index (χ1) is 21.7. The van der Waals surface area contributed by atoms with Gasteiger partial charge in [0.1, 0.15) is 11.3 Å². The van der Waals surface area contributed by atoms with E-state index in [2.05, 4.69) is 98.1 Å². The number of carbonyl (C=O) groups excluding carboxylic acids is 1. The number of anilines is 2. The Morgan fingerprint density at radius 3 is 2.27 bits per heavy atom. The lowest BCUT2D eigenvalue weighted by molar-refractivity contribution is 0.254. The summed E-state index contributed by atoms with van der Waals surface area (Å²) in [7, 11) is 0. The van der Waals surface area contributed by atoms with Crippen molar-refractivity contribution in [2.45, 2.75) is 72.6 Å². The number of benzene rings is 2. The van der Waals surface area contributed by atoms with Crippen molar-refractivity contribution in [1.29, 1.82) is 0 Å². The Morgan fingerprint density at radius 2 is 1.62 bits per heavy atom. The highest BCUT2D eigenvalue weighted by atomic mass is 16.3. The highest BCUT2D eigenvalue weighted by Gasteiger charge is 2.24. The van der Waals surface area contributed by atoms with Crippen LogP contribution in [-0.4, -0.2) is 58.8 Å². The fourth-order valence-corrected chi connectivity index (χ4v) is 5.82. The van der Waals surface area contributed by atoms with Crippen LogP contribution in [0.2, 0.25) is 0 Å². The molecule has 2 aromatic carbocycles. The molecule has 0 aliphatic carbocycles. The zero-order chi connectivity index (χ0) is 32.5. The zero-order valence-corrected chi connectivity index (χ0v) is 27.7. The smallest absolute Gasteiger partial charge is 0.326 e. The van der Waals surface area contributed by atoms with E-state index in [4.69, 9.17) is 0 Å². The van der Waals surface area contributed by atoms with Crippen LogP contribution in [0.15, 0.2) is 65.6 Å². The number of amides is 2. The summed E-state index contributed by atoms with van der Waals surface area (Å²) in [5.41, 5.74) is 6.73. The number of nitrogens with zero attached hydrogens (tertiary/aromatic N) is 3. The number of H-pyrrole nitrogens is 1. The standard InChI is InChI=1S/C37H49N5O3/c1-7-41(8-2)18-11-14-27-13-9-15-28(21-27)30-22-31(25(3)4)34(32(23-30)26(5)6)39-37(45)42(19-12-20-43)33-24-29-16-10-17-38-35(29)40-36(33)44/h9-10,13,15-17,21-26,43H,7-8,11-12,14,18-20H2,1-6H3,(H,39,45)(H,38,40,44). The average Bonchev–Trinajstić information content (AvgIpc) is 3.03. The molecule has 45 heavy (non-hydrogen) atoms. The maximum atomic E-state index is 14.0. The van der Waals surface area contributed by atoms with Gasteiger partial charge >= 0.3 is 6.03 Å². The number of aromatic nitrogens is 2. The molecule has 0 radical (unpaired) electrons. The van der Waals surface area contributed by atoms with Gasteiger partial charge in [-0.25, -0.2) is 9.78 Å². The zero-order valence-electron chi connectivity index (χ0n) is 27.7. The maximum absolute atomic E-state index is 14.0. The summed E-state index contributed by atoms with van der Waals surface area (Å²) in [4.78, 5) is 38.0. The number of fused-ring (bicyclic) bond motifs is 1. The molecule has 2 aromatic heterocycles. The first-order valence-corrected chi connectivity index (χ1v) is 16.3. The fourth-order valence-electron chi connectivity index (χ4n) is 5.82. The van der Waals surface area contributed by atoms with E-state index < -0.39 is 11.6 Å². The Labute approximate surface area is 267 Å². The maximum Gasteiger partial charge on any atom is 0.326 e. The van der Waals surface area contributed by atoms with Gasteiger partial charge in [-0.05, 0) is 109 Å². The Hall–Kier alpha value is -4.01. The van der Waals surface area contributed by atoms with Gasteiger partial charge in [0, 0.05) is 30.4 Å². The summed E-state index contributed by atoms with van der Waals surface area (Å²) in [6, 6.07) is 18.1. The van der Waals surface area contributed by atoms with Crippen LogP contribution >= 0.6 is 0 Å². The quantitative estimate of drug-likeness (QED) is 0.137. The van der Waals surface area contributed by atoms with E-state index in [0.717, 1.165) is 65.8 Å². The number of urea groups is 1. The Kier molecular flexibility index (Phi) is 11.9. The van der Waals surface area contributed by atoms with Crippen LogP contribution in [0.25, 0.3) is 22.2 Å². The summed E-state index contributed by atoms with van der Waals surface area (Å²) in [5.74, 6) is 0.270. The van der Waals surface area contributed by atoms with Gasteiger partial charge in [0.2, 0.25) is 0 Å². The molecule has 0 aliphatic heterocycles. The molecule has 0 atom stereocenters. The van der Waals surface area contributed by atoms with Crippen molar-refractivity contribution in [3.05, 3.63) is 87.8 Å². The number of rotatable bonds is 14. The average molecular weight is 612 g/mol. The van der Waals surface area contributed by atoms with E-state index in [1.807, 2.05) is 6.07 Å². The molecule has 0 bridgehead atoms. The minimum atomic E-state index is -0.413. The van der Waals surface area contributed by atoms with Gasteiger partial charge < -0.3 is 20.3 Å². The number of aryl methyl sites for hydroxylation is 1. The van der Waals surface area contributed by atoms with E-state index in [1.54, 1.807) is 18.3 Å². The molecule has 2 amide bonds. The minimum absolute atomic E-state index is 0.103. The van der Waals surface area contributed by atoms with E-state index in [0.29, 0.717) is 12.1 Å². The van der Waals surface area contributed by atoms with E-state index in [1.165, 1.54) is 10.5 Å². The Morgan fingerprint density at radius 1 is 0.911 bits per heavy atom. The van der Waals surface area contributed by atoms with Crippen LogP contribution in [0.1, 0.15) is 82.9 Å². The first kappa shape index (κ1) is 33.9. The molecule has 4 aromatic rings. The number of aromatic amines is 1. The normalized spacial score (nSPS) is 11.6. The first-order valence-electron chi connectivity index (χ1n) is 16.3. The van der Waals surface area contributed by atoms with Crippen LogP contribution in [-0.2, 0) is 6.42 Å². The lowest BCUT2D eigenvalue weighted by Gasteiger charge is -2.27. The molecule has 0 aliphatic rings. The van der Waals surface area contributed by atoms with Crippen LogP contribution in [0.3, 0.4) is 0 Å². The van der Waals surface area contributed by atoms with Crippen molar-refractivity contribution in [3.8, 4) is 11.1 Å². The third-order valence-corrected chi connectivity index (χ3v) is 8.44. The second-order valence-corrected chi connectivity index (χ2v) is 12.3. The highest BCUT2D eigenvalue weighted by molar-refractivity contribution is 6.03. The number of pyridine rings is 2. The number of hydrogen-bond donors (Lipinski definition) is 3. The molecular weight excluding hydrogens is 562 g/mol. The molecule has 0 fully saturated rings. The number of aliphatic hydroxyl groups excluding tert-OH is 1. The summed E-state index contributed by atoms with van der Waals surface area (Å²) in [6.07, 6.45) is 4.09. The molecule has 0 saturated carbocycles. The predicted octanol–water partition coefficient (Wildman–Crippen LogP) is 7.53. The molecule has 8 heteroatoms. The number of nitrogens with one attached hydrogen (secondary N) is 2. The van der Waals surface area contributed by atoms with Crippen molar-refractivity contribution in [2.75, 3.05) is 43.0 Å². The third-order valence-electron chi connectivity index (χ3n) is 8.44. The number of hydrogen-bond acceptors (Lipinski definition) is 5. The highest BCUT2D eigenvalue weighted by Crippen LogP contribution is 2.38. The van der Waals surface area contributed by atoms with Gasteiger partial charge in [0.05, 0.1) is 0 Å². The van der Waals surface area contributed by atoms with Crippen molar-refractivity contribution in [3.63, 3.8) is 0 Å². The van der Waals surface area contributed by atoms with Crippen molar-refractivity contribution in [1.82, 2.24) is 14.9 Å². The number of aliphatic hydroxyl groups is 1. The summed E-state index contributed by atoms with van der Waals surface area (Å²) in [6.45, 7) is 16.3. The van der Waals surface area contributed by atoms with Crippen molar-refractivity contribution >= 4 is 28.4 Å². The van der Waals surface area contributed by atoms with Gasteiger partial charge in [0.15, 0.2) is 0 Å². The molecule has 8 nitrogen and oxygen atoms in total. The van der Waals surface area contributed by atoms with Crippen molar-refractivity contribution < 1.29 is 9.90 Å². The predicted molar refractivity (Wildman–Crippen MR) is 187 cm³/mol. The second-order valence-electron chi connectivity index (χ2n) is 12.3. The van der Waals surface area contributed by atoms with Crippen LogP contribution in [0.5, 0.6) is 0 Å². The Balaban J connectivity index is 1.69. The minimum Gasteiger partial charge on any atom is -0.396 e. The Bertz CT molecular complexity index is 1610. The van der Waals surface area contributed by atoms with Crippen molar-refractivity contribution in [2.24, 2.45) is 0 Å². The molecule has 0 spiro atoms. The van der Waals surface area contributed by atoms with Gasteiger partial charge in [-0.15, -0.1) is 0 Å². The van der Waals surface area contributed by atoms with Crippen LogP contribution in [0.4, 0.5) is 16.2 Å².